The maximum absolute atomic E-state index is 5.91. The molecular formula is C11H11ClN2S2. The lowest BCUT2D eigenvalue weighted by atomic mass is 10.3. The summed E-state index contributed by atoms with van der Waals surface area (Å²) in [7, 11) is 0. The number of thiophene rings is 1. The normalized spacial score (nSPS) is 10.6. The van der Waals surface area contributed by atoms with Crippen LogP contribution < -0.4 is 0 Å². The second-order valence-electron chi connectivity index (χ2n) is 3.43. The lowest BCUT2D eigenvalue weighted by Crippen LogP contribution is -1.95. The van der Waals surface area contributed by atoms with Gasteiger partial charge in [0.15, 0.2) is 0 Å². The summed E-state index contributed by atoms with van der Waals surface area (Å²) in [5.74, 6) is 0.939. The third-order valence-electron chi connectivity index (χ3n) is 2.12. The van der Waals surface area contributed by atoms with Gasteiger partial charge in [0.1, 0.15) is 10.5 Å². The van der Waals surface area contributed by atoms with Crippen LogP contribution in [0.4, 0.5) is 0 Å². The summed E-state index contributed by atoms with van der Waals surface area (Å²) in [5, 5.41) is 0. The first-order chi connectivity index (χ1) is 7.69. The van der Waals surface area contributed by atoms with Crippen LogP contribution >= 0.6 is 35.2 Å². The first-order valence-electron chi connectivity index (χ1n) is 5.05. The number of halogens is 1. The molecule has 2 aromatic rings. The van der Waals surface area contributed by atoms with Gasteiger partial charge in [-0.2, -0.15) is 0 Å². The van der Waals surface area contributed by atoms with E-state index in [0.29, 0.717) is 4.64 Å². The van der Waals surface area contributed by atoms with Crippen LogP contribution in [0.1, 0.15) is 19.2 Å². The summed E-state index contributed by atoms with van der Waals surface area (Å²) in [6.07, 6.45) is 1.96. The zero-order chi connectivity index (χ0) is 11.5. The number of aryl methyl sites for hydroxylation is 1. The largest absolute Gasteiger partial charge is 0.342 e. The van der Waals surface area contributed by atoms with Crippen LogP contribution in [0, 0.1) is 4.64 Å². The average Bonchev–Trinajstić information content (AvgIpc) is 2.64. The molecule has 2 rings (SSSR count). The highest BCUT2D eigenvalue weighted by Crippen LogP contribution is 2.29. The van der Waals surface area contributed by atoms with E-state index in [9.17, 15) is 0 Å². The van der Waals surface area contributed by atoms with E-state index < -0.39 is 0 Å². The molecule has 0 aliphatic rings. The van der Waals surface area contributed by atoms with Crippen molar-refractivity contribution in [2.24, 2.45) is 0 Å². The van der Waals surface area contributed by atoms with E-state index in [4.69, 9.17) is 23.8 Å². The van der Waals surface area contributed by atoms with E-state index in [1.807, 2.05) is 18.2 Å². The number of aromatic nitrogens is 2. The topological polar surface area (TPSA) is 28.7 Å². The van der Waals surface area contributed by atoms with Crippen molar-refractivity contribution in [3.05, 3.63) is 33.0 Å². The Kier molecular flexibility index (Phi) is 3.74. The summed E-state index contributed by atoms with van der Waals surface area (Å²) in [6.45, 7) is 2.12. The smallest absolute Gasteiger partial charge is 0.130 e. The van der Waals surface area contributed by atoms with Crippen LogP contribution in [-0.4, -0.2) is 9.97 Å². The van der Waals surface area contributed by atoms with Gasteiger partial charge in [-0.1, -0.05) is 30.7 Å². The monoisotopic (exact) mass is 270 g/mol. The molecule has 0 spiro atoms. The summed E-state index contributed by atoms with van der Waals surface area (Å²) >= 11 is 12.6. The number of H-pyrrole nitrogens is 1. The van der Waals surface area contributed by atoms with Gasteiger partial charge in [-0.15, -0.1) is 11.3 Å². The molecule has 0 fully saturated rings. The number of rotatable bonds is 3. The molecule has 0 saturated carbocycles. The van der Waals surface area contributed by atoms with Crippen molar-refractivity contribution >= 4 is 35.2 Å². The van der Waals surface area contributed by atoms with E-state index >= 15 is 0 Å². The molecular weight excluding hydrogens is 260 g/mol. The zero-order valence-corrected chi connectivity index (χ0v) is 11.2. The first kappa shape index (κ1) is 11.8. The highest BCUT2D eigenvalue weighted by Gasteiger charge is 2.04. The summed E-state index contributed by atoms with van der Waals surface area (Å²) in [5.41, 5.74) is 1.00. The predicted molar refractivity (Wildman–Crippen MR) is 71.7 cm³/mol. The third kappa shape index (κ3) is 2.70. The molecule has 16 heavy (non-hydrogen) atoms. The van der Waals surface area contributed by atoms with E-state index in [0.717, 1.165) is 33.6 Å². The Bertz CT molecular complexity index is 545. The van der Waals surface area contributed by atoms with Crippen LogP contribution in [0.5, 0.6) is 0 Å². The van der Waals surface area contributed by atoms with Gasteiger partial charge in [-0.3, -0.25) is 0 Å². The predicted octanol–water partition coefficient (Wildman–Crippen LogP) is 4.47. The second-order valence-corrected chi connectivity index (χ2v) is 5.57. The molecule has 2 nitrogen and oxygen atoms in total. The minimum absolute atomic E-state index is 0.627. The van der Waals surface area contributed by atoms with Gasteiger partial charge in [-0.05, 0) is 24.6 Å². The molecule has 0 saturated heterocycles. The van der Waals surface area contributed by atoms with Gasteiger partial charge in [0.25, 0.3) is 0 Å². The Morgan fingerprint density at radius 3 is 2.94 bits per heavy atom. The lowest BCUT2D eigenvalue weighted by Gasteiger charge is -2.02. The van der Waals surface area contributed by atoms with Gasteiger partial charge in [0.05, 0.1) is 14.9 Å². The van der Waals surface area contributed by atoms with Crippen LogP contribution in [0.3, 0.4) is 0 Å². The standard InChI is InChI=1S/C11H11ClN2S2/c1-2-3-10-13-7(6-11(15)14-10)8-4-5-9(12)16-8/h4-6H,2-3H2,1H3,(H,13,14,15). The Morgan fingerprint density at radius 2 is 2.31 bits per heavy atom. The van der Waals surface area contributed by atoms with Crippen molar-refractivity contribution in [1.82, 2.24) is 9.97 Å². The fourth-order valence-electron chi connectivity index (χ4n) is 1.46. The minimum Gasteiger partial charge on any atom is -0.342 e. The van der Waals surface area contributed by atoms with E-state index in [1.165, 1.54) is 11.3 Å². The molecule has 2 heterocycles. The Hall–Kier alpha value is -0.710. The first-order valence-corrected chi connectivity index (χ1v) is 6.65. The average molecular weight is 271 g/mol. The molecule has 0 atom stereocenters. The summed E-state index contributed by atoms with van der Waals surface area (Å²) < 4.78 is 1.41. The Labute approximate surface area is 108 Å². The third-order valence-corrected chi connectivity index (χ3v) is 3.59. The SMILES string of the molecule is CCCc1nc(=S)cc(-c2ccc(Cl)s2)[nH]1. The quantitative estimate of drug-likeness (QED) is 0.834. The van der Waals surface area contributed by atoms with Gasteiger partial charge in [0.2, 0.25) is 0 Å². The number of hydrogen-bond acceptors (Lipinski definition) is 3. The molecule has 2 aromatic heterocycles. The van der Waals surface area contributed by atoms with Crippen molar-refractivity contribution in [2.75, 3.05) is 0 Å². The molecule has 0 aromatic carbocycles. The van der Waals surface area contributed by atoms with Crippen molar-refractivity contribution < 1.29 is 0 Å². The Morgan fingerprint density at radius 1 is 1.50 bits per heavy atom. The van der Waals surface area contributed by atoms with Crippen molar-refractivity contribution in [3.63, 3.8) is 0 Å². The van der Waals surface area contributed by atoms with Gasteiger partial charge in [0, 0.05) is 6.42 Å². The van der Waals surface area contributed by atoms with E-state index in [1.54, 1.807) is 0 Å². The highest BCUT2D eigenvalue weighted by molar-refractivity contribution is 7.71. The molecule has 0 radical (unpaired) electrons. The fourth-order valence-corrected chi connectivity index (χ4v) is 2.70. The minimum atomic E-state index is 0.627. The number of hydrogen-bond donors (Lipinski definition) is 1. The summed E-state index contributed by atoms with van der Waals surface area (Å²) in [6, 6.07) is 5.75. The second kappa shape index (κ2) is 5.08. The Balaban J connectivity index is 2.44. The van der Waals surface area contributed by atoms with Crippen LogP contribution in [-0.2, 0) is 6.42 Å². The van der Waals surface area contributed by atoms with Gasteiger partial charge < -0.3 is 4.98 Å². The van der Waals surface area contributed by atoms with Crippen molar-refractivity contribution in [3.8, 4) is 10.6 Å². The maximum Gasteiger partial charge on any atom is 0.130 e. The molecule has 0 bridgehead atoms. The number of nitrogens with one attached hydrogen (secondary N) is 1. The number of aromatic amines is 1. The van der Waals surface area contributed by atoms with Gasteiger partial charge >= 0.3 is 0 Å². The molecule has 0 unspecified atom stereocenters. The molecule has 1 N–H and O–H groups in total. The van der Waals surface area contributed by atoms with Crippen LogP contribution in [0.25, 0.3) is 10.6 Å². The lowest BCUT2D eigenvalue weighted by molar-refractivity contribution is 0.834. The molecule has 84 valence electrons. The van der Waals surface area contributed by atoms with Crippen molar-refractivity contribution in [2.45, 2.75) is 19.8 Å². The maximum atomic E-state index is 5.91. The molecule has 0 aliphatic carbocycles. The van der Waals surface area contributed by atoms with Crippen molar-refractivity contribution in [1.29, 1.82) is 0 Å². The molecule has 0 aliphatic heterocycles. The van der Waals surface area contributed by atoms with Crippen LogP contribution in [0.2, 0.25) is 4.34 Å². The summed E-state index contributed by atoms with van der Waals surface area (Å²) in [4.78, 5) is 8.67. The molecule has 5 heteroatoms. The fraction of sp³-hybridized carbons (Fsp3) is 0.273. The number of nitrogens with zero attached hydrogens (tertiary/aromatic N) is 1. The van der Waals surface area contributed by atoms with Gasteiger partial charge in [-0.25, -0.2) is 4.98 Å². The molecule has 0 amide bonds. The van der Waals surface area contributed by atoms with E-state index in [-0.39, 0.29) is 0 Å². The van der Waals surface area contributed by atoms with Crippen LogP contribution in [0.15, 0.2) is 18.2 Å². The highest BCUT2D eigenvalue weighted by atomic mass is 35.5. The zero-order valence-electron chi connectivity index (χ0n) is 8.79. The van der Waals surface area contributed by atoms with E-state index in [2.05, 4.69) is 16.9 Å².